The maximum atomic E-state index is 12.3. The summed E-state index contributed by atoms with van der Waals surface area (Å²) in [5.41, 5.74) is 0.150. The molecule has 0 unspecified atom stereocenters. The first-order chi connectivity index (χ1) is 12.7. The van der Waals surface area contributed by atoms with Gasteiger partial charge in [0.1, 0.15) is 24.8 Å². The van der Waals surface area contributed by atoms with Crippen LogP contribution in [0, 0.1) is 0 Å². The zero-order valence-corrected chi connectivity index (χ0v) is 13.8. The van der Waals surface area contributed by atoms with Crippen LogP contribution < -0.4 is 20.3 Å². The van der Waals surface area contributed by atoms with Crippen molar-refractivity contribution in [3.63, 3.8) is 0 Å². The highest BCUT2D eigenvalue weighted by molar-refractivity contribution is 5.78. The molecule has 8 nitrogen and oxygen atoms in total. The maximum absolute atomic E-state index is 12.3. The summed E-state index contributed by atoms with van der Waals surface area (Å²) in [7, 11) is 0. The van der Waals surface area contributed by atoms with Gasteiger partial charge in [0.25, 0.3) is 5.56 Å². The van der Waals surface area contributed by atoms with Gasteiger partial charge in [0.15, 0.2) is 11.5 Å². The van der Waals surface area contributed by atoms with Gasteiger partial charge in [-0.15, -0.1) is 5.10 Å². The summed E-state index contributed by atoms with van der Waals surface area (Å²) in [6, 6.07) is 14.2. The molecule has 1 N–H and O–H groups in total. The number of para-hydroxylation sites is 2. The SMILES string of the molecule is O=C(Cn1nnc2ccccc2c1=O)NC[C@@H]1COc2ccccc2O1. The van der Waals surface area contributed by atoms with Gasteiger partial charge in [-0.05, 0) is 24.3 Å². The highest BCUT2D eigenvalue weighted by Crippen LogP contribution is 2.30. The number of carbonyl (C=O) groups is 1. The molecule has 0 radical (unpaired) electrons. The molecule has 1 amide bonds. The average Bonchev–Trinajstić information content (AvgIpc) is 2.68. The number of hydrogen-bond donors (Lipinski definition) is 1. The Hall–Kier alpha value is -3.42. The van der Waals surface area contributed by atoms with E-state index in [0.29, 0.717) is 29.0 Å². The van der Waals surface area contributed by atoms with Crippen LogP contribution in [-0.2, 0) is 11.3 Å². The standard InChI is InChI=1S/C18H16N4O4/c23-17(10-22-18(24)13-5-1-2-6-14(13)20-21-22)19-9-12-11-25-15-7-3-4-8-16(15)26-12/h1-8,12H,9-11H2,(H,19,23)/t12-/m1/s1. The largest absolute Gasteiger partial charge is 0.486 e. The Bertz CT molecular complexity index is 1020. The molecule has 8 heteroatoms. The van der Waals surface area contributed by atoms with E-state index in [0.717, 1.165) is 4.68 Å². The molecule has 2 aromatic carbocycles. The lowest BCUT2D eigenvalue weighted by molar-refractivity contribution is -0.122. The van der Waals surface area contributed by atoms with Crippen molar-refractivity contribution in [3.8, 4) is 11.5 Å². The van der Waals surface area contributed by atoms with Crippen LogP contribution in [0.3, 0.4) is 0 Å². The molecule has 3 aromatic rings. The highest BCUT2D eigenvalue weighted by Gasteiger charge is 2.21. The monoisotopic (exact) mass is 352 g/mol. The summed E-state index contributed by atoms with van der Waals surface area (Å²) in [5, 5.41) is 10.9. The predicted octanol–water partition coefficient (Wildman–Crippen LogP) is 0.748. The summed E-state index contributed by atoms with van der Waals surface area (Å²) in [4.78, 5) is 24.5. The van der Waals surface area contributed by atoms with E-state index >= 15 is 0 Å². The number of ether oxygens (including phenoxy) is 2. The summed E-state index contributed by atoms with van der Waals surface area (Å²) in [6.07, 6.45) is -0.298. The first-order valence-corrected chi connectivity index (χ1v) is 8.18. The Morgan fingerprint density at radius 1 is 1.15 bits per heavy atom. The molecule has 0 spiro atoms. The number of amides is 1. The fraction of sp³-hybridized carbons (Fsp3) is 0.222. The van der Waals surface area contributed by atoms with Gasteiger partial charge in [-0.1, -0.05) is 29.5 Å². The topological polar surface area (TPSA) is 95.3 Å². The van der Waals surface area contributed by atoms with Crippen molar-refractivity contribution in [1.29, 1.82) is 0 Å². The molecule has 0 saturated heterocycles. The number of carbonyl (C=O) groups excluding carboxylic acids is 1. The lowest BCUT2D eigenvalue weighted by atomic mass is 10.2. The van der Waals surface area contributed by atoms with E-state index in [4.69, 9.17) is 9.47 Å². The van der Waals surface area contributed by atoms with E-state index in [-0.39, 0.29) is 30.7 Å². The van der Waals surface area contributed by atoms with Crippen molar-refractivity contribution < 1.29 is 14.3 Å². The molecular weight excluding hydrogens is 336 g/mol. The minimum atomic E-state index is -0.350. The summed E-state index contributed by atoms with van der Waals surface area (Å²) < 4.78 is 12.4. The third kappa shape index (κ3) is 3.21. The van der Waals surface area contributed by atoms with Gasteiger partial charge in [0, 0.05) is 0 Å². The Morgan fingerprint density at radius 3 is 2.81 bits per heavy atom. The molecule has 0 saturated carbocycles. The van der Waals surface area contributed by atoms with Crippen LogP contribution >= 0.6 is 0 Å². The van der Waals surface area contributed by atoms with Gasteiger partial charge < -0.3 is 14.8 Å². The number of hydrogen-bond acceptors (Lipinski definition) is 6. The molecule has 1 aliphatic rings. The molecule has 0 aliphatic carbocycles. The first-order valence-electron chi connectivity index (χ1n) is 8.18. The van der Waals surface area contributed by atoms with E-state index in [9.17, 15) is 9.59 Å². The number of nitrogens with one attached hydrogen (secondary N) is 1. The summed E-state index contributed by atoms with van der Waals surface area (Å²) in [6.45, 7) is 0.400. The third-order valence-electron chi connectivity index (χ3n) is 4.02. The van der Waals surface area contributed by atoms with Crippen LogP contribution in [0.4, 0.5) is 0 Å². The van der Waals surface area contributed by atoms with Crippen LogP contribution in [0.15, 0.2) is 53.3 Å². The molecule has 0 fully saturated rings. The van der Waals surface area contributed by atoms with Crippen molar-refractivity contribution in [1.82, 2.24) is 20.3 Å². The Kier molecular flexibility index (Phi) is 4.22. The minimum Gasteiger partial charge on any atom is -0.486 e. The quantitative estimate of drug-likeness (QED) is 0.744. The second-order valence-electron chi connectivity index (χ2n) is 5.87. The Labute approximate surface area is 148 Å². The second kappa shape index (κ2) is 6.83. The molecule has 0 bridgehead atoms. The van der Waals surface area contributed by atoms with E-state index in [1.807, 2.05) is 24.3 Å². The normalized spacial score (nSPS) is 15.6. The molecule has 4 rings (SSSR count). The molecule has 2 heterocycles. The summed E-state index contributed by atoms with van der Waals surface area (Å²) >= 11 is 0. The van der Waals surface area contributed by atoms with Gasteiger partial charge in [0.05, 0.1) is 11.9 Å². The van der Waals surface area contributed by atoms with Crippen LogP contribution in [0.2, 0.25) is 0 Å². The first kappa shape index (κ1) is 16.1. The van der Waals surface area contributed by atoms with Gasteiger partial charge >= 0.3 is 0 Å². The molecule has 1 atom stereocenters. The molecule has 1 aliphatic heterocycles. The average molecular weight is 352 g/mol. The number of aromatic nitrogens is 3. The van der Waals surface area contributed by atoms with Crippen molar-refractivity contribution in [3.05, 3.63) is 58.9 Å². The predicted molar refractivity (Wildman–Crippen MR) is 93.2 cm³/mol. The molecule has 26 heavy (non-hydrogen) atoms. The van der Waals surface area contributed by atoms with Crippen LogP contribution in [0.5, 0.6) is 11.5 Å². The van der Waals surface area contributed by atoms with Crippen molar-refractivity contribution in [2.75, 3.05) is 13.2 Å². The lowest BCUT2D eigenvalue weighted by Gasteiger charge is -2.26. The number of nitrogens with zero attached hydrogens (tertiary/aromatic N) is 3. The minimum absolute atomic E-state index is 0.208. The van der Waals surface area contributed by atoms with Crippen molar-refractivity contribution in [2.45, 2.75) is 12.6 Å². The Balaban J connectivity index is 1.38. The molecular formula is C18H16N4O4. The van der Waals surface area contributed by atoms with Crippen LogP contribution in [-0.4, -0.2) is 40.2 Å². The van der Waals surface area contributed by atoms with Crippen molar-refractivity contribution in [2.24, 2.45) is 0 Å². The van der Waals surface area contributed by atoms with Gasteiger partial charge in [0.2, 0.25) is 5.91 Å². The molecule has 132 valence electrons. The van der Waals surface area contributed by atoms with Gasteiger partial charge in [-0.3, -0.25) is 9.59 Å². The van der Waals surface area contributed by atoms with E-state index in [1.165, 1.54) is 0 Å². The van der Waals surface area contributed by atoms with Crippen molar-refractivity contribution >= 4 is 16.8 Å². The zero-order valence-electron chi connectivity index (χ0n) is 13.8. The third-order valence-corrected chi connectivity index (χ3v) is 4.02. The van der Waals surface area contributed by atoms with Crippen LogP contribution in [0.1, 0.15) is 0 Å². The Morgan fingerprint density at radius 2 is 1.92 bits per heavy atom. The van der Waals surface area contributed by atoms with Crippen LogP contribution in [0.25, 0.3) is 10.9 Å². The lowest BCUT2D eigenvalue weighted by Crippen LogP contribution is -2.42. The highest BCUT2D eigenvalue weighted by atomic mass is 16.6. The van der Waals surface area contributed by atoms with Gasteiger partial charge in [-0.2, -0.15) is 0 Å². The second-order valence-corrected chi connectivity index (χ2v) is 5.87. The van der Waals surface area contributed by atoms with Gasteiger partial charge in [-0.25, -0.2) is 4.68 Å². The number of fused-ring (bicyclic) bond motifs is 2. The maximum Gasteiger partial charge on any atom is 0.278 e. The smallest absolute Gasteiger partial charge is 0.278 e. The summed E-state index contributed by atoms with van der Waals surface area (Å²) in [5.74, 6) is 0.988. The van der Waals surface area contributed by atoms with E-state index in [2.05, 4.69) is 15.6 Å². The number of rotatable bonds is 4. The fourth-order valence-electron chi connectivity index (χ4n) is 2.71. The fourth-order valence-corrected chi connectivity index (χ4v) is 2.71. The zero-order chi connectivity index (χ0) is 17.9. The molecule has 1 aromatic heterocycles. The number of benzene rings is 2. The van der Waals surface area contributed by atoms with E-state index < -0.39 is 0 Å². The van der Waals surface area contributed by atoms with E-state index in [1.54, 1.807) is 24.3 Å².